The number of hydrogen-bond acceptors (Lipinski definition) is 7. The SMILES string of the molecule is COC(=O)c1cccc(COC(=O)[C@@H](C)Sc2ccc([N+](=O)[O-])cc2)c1. The lowest BCUT2D eigenvalue weighted by Crippen LogP contribution is -2.16. The van der Waals surface area contributed by atoms with Gasteiger partial charge in [0.2, 0.25) is 0 Å². The molecule has 1 atom stereocenters. The molecule has 0 radical (unpaired) electrons. The molecule has 7 nitrogen and oxygen atoms in total. The number of thioether (sulfide) groups is 1. The van der Waals surface area contributed by atoms with E-state index in [0.29, 0.717) is 11.1 Å². The number of carbonyl (C=O) groups excluding carboxylic acids is 2. The van der Waals surface area contributed by atoms with Gasteiger partial charge >= 0.3 is 11.9 Å². The molecule has 2 aromatic rings. The fraction of sp³-hybridized carbons (Fsp3) is 0.222. The lowest BCUT2D eigenvalue weighted by Gasteiger charge is -2.11. The van der Waals surface area contributed by atoms with Gasteiger partial charge in [-0.15, -0.1) is 11.8 Å². The molecule has 0 aliphatic heterocycles. The van der Waals surface area contributed by atoms with Crippen LogP contribution in [0.5, 0.6) is 0 Å². The second-order valence-electron chi connectivity index (χ2n) is 5.31. The first-order valence-electron chi connectivity index (χ1n) is 7.65. The molecule has 0 amide bonds. The van der Waals surface area contributed by atoms with Gasteiger partial charge in [0.15, 0.2) is 0 Å². The Morgan fingerprint density at radius 3 is 2.50 bits per heavy atom. The fourth-order valence-electron chi connectivity index (χ4n) is 2.08. The number of ether oxygens (including phenoxy) is 2. The van der Waals surface area contributed by atoms with E-state index < -0.39 is 22.1 Å². The Labute approximate surface area is 154 Å². The average Bonchev–Trinajstić information content (AvgIpc) is 2.66. The van der Waals surface area contributed by atoms with Gasteiger partial charge in [-0.25, -0.2) is 4.79 Å². The van der Waals surface area contributed by atoms with Crippen molar-refractivity contribution in [2.75, 3.05) is 7.11 Å². The summed E-state index contributed by atoms with van der Waals surface area (Å²) in [4.78, 5) is 34.5. The van der Waals surface area contributed by atoms with Crippen molar-refractivity contribution in [1.82, 2.24) is 0 Å². The van der Waals surface area contributed by atoms with Crippen LogP contribution in [-0.4, -0.2) is 29.2 Å². The summed E-state index contributed by atoms with van der Waals surface area (Å²) in [7, 11) is 1.30. The molecular formula is C18H17NO6S. The summed E-state index contributed by atoms with van der Waals surface area (Å²) in [6.45, 7) is 1.73. The van der Waals surface area contributed by atoms with Crippen molar-refractivity contribution in [3.63, 3.8) is 0 Å². The molecule has 0 unspecified atom stereocenters. The van der Waals surface area contributed by atoms with Gasteiger partial charge in [-0.2, -0.15) is 0 Å². The normalized spacial score (nSPS) is 11.5. The minimum Gasteiger partial charge on any atom is -0.465 e. The highest BCUT2D eigenvalue weighted by molar-refractivity contribution is 8.00. The van der Waals surface area contributed by atoms with Crippen molar-refractivity contribution < 1.29 is 24.0 Å². The monoisotopic (exact) mass is 375 g/mol. The number of nitro groups is 1. The Hall–Kier alpha value is -2.87. The van der Waals surface area contributed by atoms with E-state index >= 15 is 0 Å². The van der Waals surface area contributed by atoms with Crippen LogP contribution in [0.3, 0.4) is 0 Å². The van der Waals surface area contributed by atoms with Gasteiger partial charge in [0, 0.05) is 17.0 Å². The summed E-state index contributed by atoms with van der Waals surface area (Å²) >= 11 is 1.25. The van der Waals surface area contributed by atoms with Gasteiger partial charge in [-0.1, -0.05) is 12.1 Å². The maximum Gasteiger partial charge on any atom is 0.337 e. The molecule has 0 aliphatic rings. The van der Waals surface area contributed by atoms with Crippen LogP contribution in [0, 0.1) is 10.1 Å². The number of esters is 2. The van der Waals surface area contributed by atoms with Crippen LogP contribution in [0.15, 0.2) is 53.4 Å². The average molecular weight is 375 g/mol. The Bertz CT molecular complexity index is 806. The largest absolute Gasteiger partial charge is 0.465 e. The smallest absolute Gasteiger partial charge is 0.337 e. The summed E-state index contributed by atoms with van der Waals surface area (Å²) < 4.78 is 9.92. The van der Waals surface area contributed by atoms with Crippen LogP contribution in [0.1, 0.15) is 22.8 Å². The van der Waals surface area contributed by atoms with Crippen molar-refractivity contribution in [3.05, 3.63) is 69.8 Å². The molecule has 0 N–H and O–H groups in total. The molecule has 0 aromatic heterocycles. The molecule has 0 fully saturated rings. The van der Waals surface area contributed by atoms with Crippen LogP contribution in [0.4, 0.5) is 5.69 Å². The summed E-state index contributed by atoms with van der Waals surface area (Å²) in [5.41, 5.74) is 1.05. The molecule has 2 rings (SSSR count). The van der Waals surface area contributed by atoms with E-state index in [0.717, 1.165) is 4.90 Å². The van der Waals surface area contributed by atoms with Gasteiger partial charge in [0.05, 0.1) is 17.6 Å². The van der Waals surface area contributed by atoms with Gasteiger partial charge in [-0.3, -0.25) is 14.9 Å². The van der Waals surface area contributed by atoms with E-state index in [1.54, 1.807) is 43.3 Å². The second kappa shape index (κ2) is 9.00. The number of methoxy groups -OCH3 is 1. The molecule has 0 aliphatic carbocycles. The van der Waals surface area contributed by atoms with E-state index in [9.17, 15) is 19.7 Å². The number of rotatable bonds is 7. The summed E-state index contributed by atoms with van der Waals surface area (Å²) in [6.07, 6.45) is 0. The molecule has 2 aromatic carbocycles. The highest BCUT2D eigenvalue weighted by Crippen LogP contribution is 2.26. The van der Waals surface area contributed by atoms with Gasteiger partial charge < -0.3 is 9.47 Å². The van der Waals surface area contributed by atoms with Crippen molar-refractivity contribution in [3.8, 4) is 0 Å². The van der Waals surface area contributed by atoms with E-state index in [2.05, 4.69) is 4.74 Å². The molecule has 136 valence electrons. The Morgan fingerprint density at radius 1 is 1.19 bits per heavy atom. The zero-order chi connectivity index (χ0) is 19.1. The summed E-state index contributed by atoms with van der Waals surface area (Å²) in [5, 5.41) is 10.2. The van der Waals surface area contributed by atoms with Crippen LogP contribution in [-0.2, 0) is 20.9 Å². The minimum absolute atomic E-state index is 0.00457. The zero-order valence-electron chi connectivity index (χ0n) is 14.2. The third kappa shape index (κ3) is 5.32. The van der Waals surface area contributed by atoms with Gasteiger partial charge in [0.1, 0.15) is 11.9 Å². The number of nitrogens with zero attached hydrogens (tertiary/aromatic N) is 1. The van der Waals surface area contributed by atoms with Crippen molar-refractivity contribution >= 4 is 29.4 Å². The maximum atomic E-state index is 12.1. The number of carbonyl (C=O) groups is 2. The highest BCUT2D eigenvalue weighted by atomic mass is 32.2. The summed E-state index contributed by atoms with van der Waals surface area (Å²) in [6, 6.07) is 12.6. The Balaban J connectivity index is 1.91. The zero-order valence-corrected chi connectivity index (χ0v) is 15.0. The Kier molecular flexibility index (Phi) is 6.74. The van der Waals surface area contributed by atoms with Crippen LogP contribution < -0.4 is 0 Å². The maximum absolute atomic E-state index is 12.1. The third-order valence-electron chi connectivity index (χ3n) is 3.42. The number of non-ortho nitro benzene ring substituents is 1. The lowest BCUT2D eigenvalue weighted by atomic mass is 10.1. The predicted octanol–water partition coefficient (Wildman–Crippen LogP) is 3.61. The van der Waals surface area contributed by atoms with Gasteiger partial charge in [-0.05, 0) is 36.8 Å². The molecule has 8 heteroatoms. The minimum atomic E-state index is -0.486. The first kappa shape index (κ1) is 19.5. The Morgan fingerprint density at radius 2 is 1.88 bits per heavy atom. The molecular weight excluding hydrogens is 358 g/mol. The number of hydrogen-bond donors (Lipinski definition) is 0. The van der Waals surface area contributed by atoms with Crippen LogP contribution in [0.2, 0.25) is 0 Å². The van der Waals surface area contributed by atoms with Gasteiger partial charge in [0.25, 0.3) is 5.69 Å². The van der Waals surface area contributed by atoms with Crippen LogP contribution >= 0.6 is 11.8 Å². The van der Waals surface area contributed by atoms with E-state index in [1.807, 2.05) is 0 Å². The fourth-order valence-corrected chi connectivity index (χ4v) is 2.94. The van der Waals surface area contributed by atoms with E-state index in [4.69, 9.17) is 4.74 Å². The molecule has 0 bridgehead atoms. The third-order valence-corrected chi connectivity index (χ3v) is 4.51. The molecule has 0 heterocycles. The first-order valence-corrected chi connectivity index (χ1v) is 8.53. The van der Waals surface area contributed by atoms with Crippen molar-refractivity contribution in [2.45, 2.75) is 23.7 Å². The number of nitro benzene ring substituents is 1. The molecule has 26 heavy (non-hydrogen) atoms. The van der Waals surface area contributed by atoms with E-state index in [1.165, 1.54) is 31.0 Å². The molecule has 0 spiro atoms. The first-order chi connectivity index (χ1) is 12.4. The number of benzene rings is 2. The summed E-state index contributed by atoms with van der Waals surface area (Å²) in [5.74, 6) is -0.878. The highest BCUT2D eigenvalue weighted by Gasteiger charge is 2.17. The van der Waals surface area contributed by atoms with Crippen LogP contribution in [0.25, 0.3) is 0 Å². The van der Waals surface area contributed by atoms with Crippen molar-refractivity contribution in [2.24, 2.45) is 0 Å². The quantitative estimate of drug-likeness (QED) is 0.316. The standard InChI is InChI=1S/C18H17NO6S/c1-12(26-16-8-6-15(7-9-16)19(22)23)17(20)25-11-13-4-3-5-14(10-13)18(21)24-2/h3-10,12H,11H2,1-2H3/t12-/m1/s1. The predicted molar refractivity (Wildman–Crippen MR) is 96.0 cm³/mol. The second-order valence-corrected chi connectivity index (χ2v) is 6.72. The topological polar surface area (TPSA) is 95.7 Å². The molecule has 0 saturated carbocycles. The van der Waals surface area contributed by atoms with Crippen molar-refractivity contribution in [1.29, 1.82) is 0 Å². The van der Waals surface area contributed by atoms with E-state index in [-0.39, 0.29) is 12.3 Å². The lowest BCUT2D eigenvalue weighted by molar-refractivity contribution is -0.384. The molecule has 0 saturated heterocycles.